The monoisotopic (exact) mass is 143 g/mol. The number of hydrogen-bond acceptors (Lipinski definition) is 2. The molecule has 1 atom stereocenters. The maximum atomic E-state index is 5.10. The highest BCUT2D eigenvalue weighted by molar-refractivity contribution is 4.97. The van der Waals surface area contributed by atoms with Gasteiger partial charge in [-0.25, -0.2) is 0 Å². The van der Waals surface area contributed by atoms with E-state index in [-0.39, 0.29) is 0 Å². The first-order valence-electron chi connectivity index (χ1n) is 3.60. The van der Waals surface area contributed by atoms with Crippen LogP contribution < -0.4 is 5.32 Å². The van der Waals surface area contributed by atoms with Crippen LogP contribution in [0.1, 0.15) is 20.3 Å². The molecule has 0 rings (SSSR count). The zero-order valence-electron chi connectivity index (χ0n) is 7.27. The van der Waals surface area contributed by atoms with Gasteiger partial charge in [0.25, 0.3) is 0 Å². The molecule has 10 heavy (non-hydrogen) atoms. The topological polar surface area (TPSA) is 21.3 Å². The van der Waals surface area contributed by atoms with Crippen LogP contribution in [0.15, 0.2) is 11.8 Å². The summed E-state index contributed by atoms with van der Waals surface area (Å²) in [5.41, 5.74) is 1.23. The minimum absolute atomic E-state index is 0.304. The van der Waals surface area contributed by atoms with E-state index in [1.165, 1.54) is 5.70 Å². The van der Waals surface area contributed by atoms with Crippen molar-refractivity contribution in [1.82, 2.24) is 5.32 Å². The summed E-state index contributed by atoms with van der Waals surface area (Å²) in [6.07, 6.45) is 3.33. The van der Waals surface area contributed by atoms with Gasteiger partial charge in [-0.2, -0.15) is 0 Å². The van der Waals surface area contributed by atoms with E-state index < -0.39 is 0 Å². The van der Waals surface area contributed by atoms with Crippen LogP contribution in [-0.4, -0.2) is 20.3 Å². The van der Waals surface area contributed by atoms with Gasteiger partial charge in [0.05, 0.1) is 6.10 Å². The SMILES string of the molecule is C/C=C(\CC(C)OC)NC. The van der Waals surface area contributed by atoms with E-state index in [2.05, 4.69) is 18.3 Å². The van der Waals surface area contributed by atoms with Crippen LogP contribution in [0.25, 0.3) is 0 Å². The summed E-state index contributed by atoms with van der Waals surface area (Å²) in [6, 6.07) is 0. The number of ether oxygens (including phenoxy) is 1. The summed E-state index contributed by atoms with van der Waals surface area (Å²) in [4.78, 5) is 0. The van der Waals surface area contributed by atoms with Gasteiger partial charge in [-0.1, -0.05) is 6.08 Å². The highest BCUT2D eigenvalue weighted by atomic mass is 16.5. The number of rotatable bonds is 4. The molecule has 0 saturated carbocycles. The van der Waals surface area contributed by atoms with E-state index in [1.807, 2.05) is 14.0 Å². The van der Waals surface area contributed by atoms with E-state index in [1.54, 1.807) is 7.11 Å². The molecule has 0 aromatic rings. The average molecular weight is 143 g/mol. The zero-order valence-corrected chi connectivity index (χ0v) is 7.27. The zero-order chi connectivity index (χ0) is 7.98. The largest absolute Gasteiger partial charge is 0.392 e. The molecule has 0 radical (unpaired) electrons. The summed E-state index contributed by atoms with van der Waals surface area (Å²) in [5, 5.41) is 3.10. The maximum absolute atomic E-state index is 5.10. The van der Waals surface area contributed by atoms with Crippen molar-refractivity contribution in [2.24, 2.45) is 0 Å². The fourth-order valence-electron chi connectivity index (χ4n) is 0.757. The Morgan fingerprint density at radius 1 is 1.70 bits per heavy atom. The molecule has 0 saturated heterocycles. The number of hydrogen-bond donors (Lipinski definition) is 1. The molecule has 0 amide bonds. The van der Waals surface area contributed by atoms with Gasteiger partial charge in [0.1, 0.15) is 0 Å². The third kappa shape index (κ3) is 3.51. The van der Waals surface area contributed by atoms with Gasteiger partial charge in [0, 0.05) is 26.3 Å². The molecule has 0 heterocycles. The standard InChI is InChI=1S/C8H17NO/c1-5-8(9-3)6-7(2)10-4/h5,7,9H,6H2,1-4H3/b8-5+. The highest BCUT2D eigenvalue weighted by Gasteiger charge is 2.00. The number of nitrogens with one attached hydrogen (secondary N) is 1. The Balaban J connectivity index is 3.64. The molecule has 1 N–H and O–H groups in total. The molecule has 60 valence electrons. The van der Waals surface area contributed by atoms with Gasteiger partial charge in [-0.15, -0.1) is 0 Å². The Labute approximate surface area is 63.3 Å². The van der Waals surface area contributed by atoms with E-state index in [4.69, 9.17) is 4.74 Å². The summed E-state index contributed by atoms with van der Waals surface area (Å²) in [6.45, 7) is 4.08. The molecule has 0 bridgehead atoms. The summed E-state index contributed by atoms with van der Waals surface area (Å²) < 4.78 is 5.10. The molecule has 1 unspecified atom stereocenters. The highest BCUT2D eigenvalue weighted by Crippen LogP contribution is 2.02. The Hall–Kier alpha value is -0.500. The minimum Gasteiger partial charge on any atom is -0.392 e. The summed E-state index contributed by atoms with van der Waals surface area (Å²) in [5.74, 6) is 0. The van der Waals surface area contributed by atoms with Crippen molar-refractivity contribution in [1.29, 1.82) is 0 Å². The lowest BCUT2D eigenvalue weighted by Gasteiger charge is -2.11. The molecule has 0 aliphatic rings. The van der Waals surface area contributed by atoms with Gasteiger partial charge >= 0.3 is 0 Å². The molecular formula is C8H17NO. The molecule has 2 heteroatoms. The van der Waals surface area contributed by atoms with Gasteiger partial charge < -0.3 is 10.1 Å². The second-order valence-electron chi connectivity index (χ2n) is 2.31. The predicted octanol–water partition coefficient (Wildman–Crippen LogP) is 1.53. The van der Waals surface area contributed by atoms with Gasteiger partial charge in [0.15, 0.2) is 0 Å². The Bertz CT molecular complexity index is 110. The Kier molecular flexibility index (Phi) is 5.03. The Morgan fingerprint density at radius 3 is 2.60 bits per heavy atom. The normalized spacial score (nSPS) is 15.0. The summed E-state index contributed by atoms with van der Waals surface area (Å²) >= 11 is 0. The van der Waals surface area contributed by atoms with E-state index in [9.17, 15) is 0 Å². The summed E-state index contributed by atoms with van der Waals surface area (Å²) in [7, 11) is 3.66. The lowest BCUT2D eigenvalue weighted by atomic mass is 10.2. The molecule has 0 fully saturated rings. The van der Waals surface area contributed by atoms with Gasteiger partial charge in [0.2, 0.25) is 0 Å². The molecule has 0 spiro atoms. The molecule has 0 aromatic heterocycles. The lowest BCUT2D eigenvalue weighted by Crippen LogP contribution is -2.13. The van der Waals surface area contributed by atoms with Crippen molar-refractivity contribution in [3.05, 3.63) is 11.8 Å². The number of methoxy groups -OCH3 is 1. The molecule has 0 aliphatic heterocycles. The Morgan fingerprint density at radius 2 is 2.30 bits per heavy atom. The molecular weight excluding hydrogens is 126 g/mol. The predicted molar refractivity (Wildman–Crippen MR) is 43.9 cm³/mol. The average Bonchev–Trinajstić information content (AvgIpc) is 1.99. The van der Waals surface area contributed by atoms with Gasteiger partial charge in [-0.05, 0) is 13.8 Å². The lowest BCUT2D eigenvalue weighted by molar-refractivity contribution is 0.117. The first-order chi connectivity index (χ1) is 4.74. The van der Waals surface area contributed by atoms with E-state index >= 15 is 0 Å². The van der Waals surface area contributed by atoms with Crippen LogP contribution in [-0.2, 0) is 4.74 Å². The third-order valence-electron chi connectivity index (χ3n) is 1.58. The molecule has 2 nitrogen and oxygen atoms in total. The smallest absolute Gasteiger partial charge is 0.0597 e. The van der Waals surface area contributed by atoms with Gasteiger partial charge in [-0.3, -0.25) is 0 Å². The van der Waals surface area contributed by atoms with Crippen molar-refractivity contribution in [2.45, 2.75) is 26.4 Å². The van der Waals surface area contributed by atoms with Crippen LogP contribution in [0, 0.1) is 0 Å². The number of allylic oxidation sites excluding steroid dienone is 1. The van der Waals surface area contributed by atoms with Crippen LogP contribution >= 0.6 is 0 Å². The molecule has 0 aromatic carbocycles. The van der Waals surface area contributed by atoms with Crippen molar-refractivity contribution in [3.63, 3.8) is 0 Å². The molecule has 0 aliphatic carbocycles. The van der Waals surface area contributed by atoms with Crippen molar-refractivity contribution in [3.8, 4) is 0 Å². The van der Waals surface area contributed by atoms with Crippen LogP contribution in [0.5, 0.6) is 0 Å². The fraction of sp³-hybridized carbons (Fsp3) is 0.750. The van der Waals surface area contributed by atoms with Crippen molar-refractivity contribution in [2.75, 3.05) is 14.2 Å². The van der Waals surface area contributed by atoms with Crippen LogP contribution in [0.4, 0.5) is 0 Å². The van der Waals surface area contributed by atoms with Crippen LogP contribution in [0.2, 0.25) is 0 Å². The fourth-order valence-corrected chi connectivity index (χ4v) is 0.757. The third-order valence-corrected chi connectivity index (χ3v) is 1.58. The van der Waals surface area contributed by atoms with Crippen molar-refractivity contribution >= 4 is 0 Å². The second kappa shape index (κ2) is 5.30. The van der Waals surface area contributed by atoms with Crippen LogP contribution in [0.3, 0.4) is 0 Å². The van der Waals surface area contributed by atoms with E-state index in [0.29, 0.717) is 6.10 Å². The van der Waals surface area contributed by atoms with Crippen molar-refractivity contribution < 1.29 is 4.74 Å². The second-order valence-corrected chi connectivity index (χ2v) is 2.31. The first kappa shape index (κ1) is 9.50. The quantitative estimate of drug-likeness (QED) is 0.644. The maximum Gasteiger partial charge on any atom is 0.0597 e. The minimum atomic E-state index is 0.304. The van der Waals surface area contributed by atoms with E-state index in [0.717, 1.165) is 6.42 Å². The first-order valence-corrected chi connectivity index (χ1v) is 3.60.